The quantitative estimate of drug-likeness (QED) is 0.150. The predicted molar refractivity (Wildman–Crippen MR) is 123 cm³/mol. The van der Waals surface area contributed by atoms with E-state index in [0.29, 0.717) is 0 Å². The number of carbonyl (C=O) groups is 1. The Kier molecular flexibility index (Phi) is 22.3. The minimum absolute atomic E-state index is 0.280. The number of carbonyl (C=O) groups excluding carboxylic acids is 1. The van der Waals surface area contributed by atoms with E-state index in [0.717, 1.165) is 12.8 Å². The lowest BCUT2D eigenvalue weighted by Crippen LogP contribution is -2.31. The molecule has 0 aromatic heterocycles. The first kappa shape index (κ1) is 27.4. The Morgan fingerprint density at radius 1 is 0.607 bits per heavy atom. The van der Waals surface area contributed by atoms with Crippen LogP contribution in [0.1, 0.15) is 142 Å². The Morgan fingerprint density at radius 3 is 1.18 bits per heavy atom. The molecule has 0 aliphatic rings. The maximum Gasteiger partial charge on any atom is 0.322 e. The zero-order valence-electron chi connectivity index (χ0n) is 19.3. The predicted octanol–water partition coefficient (Wildman–Crippen LogP) is 7.70. The van der Waals surface area contributed by atoms with Gasteiger partial charge in [-0.15, -0.1) is 0 Å². The fourth-order valence-corrected chi connectivity index (χ4v) is 3.89. The van der Waals surface area contributed by atoms with Gasteiger partial charge >= 0.3 is 5.97 Å². The fourth-order valence-electron chi connectivity index (χ4n) is 3.89. The smallest absolute Gasteiger partial charge is 0.322 e. The van der Waals surface area contributed by atoms with Gasteiger partial charge in [0.2, 0.25) is 0 Å². The summed E-state index contributed by atoms with van der Waals surface area (Å²) in [5.41, 5.74) is 5.73. The highest BCUT2D eigenvalue weighted by Crippen LogP contribution is 2.15. The largest absolute Gasteiger partial charge is 0.468 e. The summed E-state index contributed by atoms with van der Waals surface area (Å²) in [6.45, 7) is 2.29. The van der Waals surface area contributed by atoms with Crippen LogP contribution in [0.3, 0.4) is 0 Å². The van der Waals surface area contributed by atoms with Gasteiger partial charge in [0.1, 0.15) is 6.04 Å². The molecule has 0 bridgehead atoms. The summed E-state index contributed by atoms with van der Waals surface area (Å²) in [6, 6.07) is -0.430. The highest BCUT2D eigenvalue weighted by molar-refractivity contribution is 5.75. The van der Waals surface area contributed by atoms with Crippen molar-refractivity contribution in [3.63, 3.8) is 0 Å². The van der Waals surface area contributed by atoms with Crippen LogP contribution in [-0.4, -0.2) is 19.1 Å². The van der Waals surface area contributed by atoms with Crippen LogP contribution in [0.5, 0.6) is 0 Å². The molecule has 0 aromatic carbocycles. The lowest BCUT2D eigenvalue weighted by atomic mass is 10.0. The van der Waals surface area contributed by atoms with Crippen molar-refractivity contribution in [3.05, 3.63) is 0 Å². The Bertz CT molecular complexity index is 320. The second-order valence-electron chi connectivity index (χ2n) is 8.64. The number of ether oxygens (including phenoxy) is 1. The lowest BCUT2D eigenvalue weighted by Gasteiger charge is -2.08. The molecule has 1 atom stereocenters. The van der Waals surface area contributed by atoms with E-state index in [2.05, 4.69) is 11.7 Å². The molecule has 3 nitrogen and oxygen atoms in total. The molecule has 0 heterocycles. The topological polar surface area (TPSA) is 52.3 Å². The molecule has 0 unspecified atom stereocenters. The van der Waals surface area contributed by atoms with Crippen LogP contribution >= 0.6 is 0 Å². The van der Waals surface area contributed by atoms with Crippen molar-refractivity contribution in [2.75, 3.05) is 7.11 Å². The molecule has 0 amide bonds. The van der Waals surface area contributed by atoms with E-state index in [1.54, 1.807) is 0 Å². The van der Waals surface area contributed by atoms with Crippen LogP contribution < -0.4 is 5.73 Å². The molecule has 3 heteroatoms. The summed E-state index contributed by atoms with van der Waals surface area (Å²) in [5.74, 6) is -0.280. The summed E-state index contributed by atoms with van der Waals surface area (Å²) in [5, 5.41) is 0. The Labute approximate surface area is 176 Å². The molecule has 0 aliphatic carbocycles. The molecule has 0 aliphatic heterocycles. The second kappa shape index (κ2) is 22.7. The van der Waals surface area contributed by atoms with Crippen molar-refractivity contribution >= 4 is 5.97 Å². The first-order valence-electron chi connectivity index (χ1n) is 12.6. The van der Waals surface area contributed by atoms with Crippen molar-refractivity contribution in [1.29, 1.82) is 0 Å². The van der Waals surface area contributed by atoms with Crippen LogP contribution in [-0.2, 0) is 9.53 Å². The van der Waals surface area contributed by atoms with E-state index in [1.807, 2.05) is 0 Å². The number of methoxy groups -OCH3 is 1. The molecule has 2 N–H and O–H groups in total. The van der Waals surface area contributed by atoms with Gasteiger partial charge in [0, 0.05) is 0 Å². The van der Waals surface area contributed by atoms with Crippen LogP contribution in [0.4, 0.5) is 0 Å². The SMILES string of the molecule is CCCCCCCCCCCCCCCCCCCCCC[C@H](N)C(=O)OC. The van der Waals surface area contributed by atoms with E-state index in [-0.39, 0.29) is 5.97 Å². The zero-order valence-corrected chi connectivity index (χ0v) is 19.3. The first-order valence-corrected chi connectivity index (χ1v) is 12.6. The summed E-state index contributed by atoms with van der Waals surface area (Å²) in [6.07, 6.45) is 28.4. The molecule has 168 valence electrons. The monoisotopic (exact) mass is 397 g/mol. The Morgan fingerprint density at radius 2 is 0.893 bits per heavy atom. The molecule has 0 saturated heterocycles. The average molecular weight is 398 g/mol. The highest BCUT2D eigenvalue weighted by atomic mass is 16.5. The van der Waals surface area contributed by atoms with Gasteiger partial charge in [-0.1, -0.05) is 135 Å². The first-order chi connectivity index (χ1) is 13.7. The average Bonchev–Trinajstić information content (AvgIpc) is 2.71. The minimum atomic E-state index is -0.430. The minimum Gasteiger partial charge on any atom is -0.468 e. The summed E-state index contributed by atoms with van der Waals surface area (Å²) in [4.78, 5) is 11.2. The van der Waals surface area contributed by atoms with Crippen molar-refractivity contribution < 1.29 is 9.53 Å². The van der Waals surface area contributed by atoms with Crippen molar-refractivity contribution in [3.8, 4) is 0 Å². The number of rotatable bonds is 22. The van der Waals surface area contributed by atoms with Crippen LogP contribution in [0.2, 0.25) is 0 Å². The van der Waals surface area contributed by atoms with E-state index < -0.39 is 6.04 Å². The van der Waals surface area contributed by atoms with E-state index in [4.69, 9.17) is 5.73 Å². The van der Waals surface area contributed by atoms with Gasteiger partial charge in [0.25, 0.3) is 0 Å². The molecule has 0 saturated carbocycles. The standard InChI is InChI=1S/C25H51NO2/c1-3-4-5-6-7-8-9-10-11-12-13-14-15-16-17-18-19-20-21-22-23-24(26)25(27)28-2/h24H,3-23,26H2,1-2H3/t24-/m0/s1. The van der Waals surface area contributed by atoms with Gasteiger partial charge in [0.15, 0.2) is 0 Å². The molecular formula is C25H51NO2. The molecule has 28 heavy (non-hydrogen) atoms. The number of hydrogen-bond donors (Lipinski definition) is 1. The number of nitrogens with two attached hydrogens (primary N) is 1. The maximum absolute atomic E-state index is 11.2. The lowest BCUT2D eigenvalue weighted by molar-refractivity contribution is -0.142. The van der Waals surface area contributed by atoms with Gasteiger partial charge in [-0.05, 0) is 6.42 Å². The second-order valence-corrected chi connectivity index (χ2v) is 8.64. The van der Waals surface area contributed by atoms with Crippen molar-refractivity contribution in [1.82, 2.24) is 0 Å². The normalized spacial score (nSPS) is 12.2. The third kappa shape index (κ3) is 20.2. The van der Waals surface area contributed by atoms with Gasteiger partial charge in [-0.2, -0.15) is 0 Å². The Hall–Kier alpha value is -0.570. The van der Waals surface area contributed by atoms with Gasteiger partial charge in [0.05, 0.1) is 7.11 Å². The highest BCUT2D eigenvalue weighted by Gasteiger charge is 2.12. The summed E-state index contributed by atoms with van der Waals surface area (Å²) < 4.78 is 4.64. The van der Waals surface area contributed by atoms with Crippen molar-refractivity contribution in [2.45, 2.75) is 148 Å². The third-order valence-corrected chi connectivity index (χ3v) is 5.87. The molecule has 0 spiro atoms. The van der Waals surface area contributed by atoms with Gasteiger partial charge in [-0.25, -0.2) is 0 Å². The van der Waals surface area contributed by atoms with Crippen LogP contribution in [0, 0.1) is 0 Å². The Balaban J connectivity index is 3.08. The third-order valence-electron chi connectivity index (χ3n) is 5.87. The number of esters is 1. The van der Waals surface area contributed by atoms with E-state index in [9.17, 15) is 4.79 Å². The van der Waals surface area contributed by atoms with Crippen LogP contribution in [0.25, 0.3) is 0 Å². The van der Waals surface area contributed by atoms with E-state index >= 15 is 0 Å². The van der Waals surface area contributed by atoms with Gasteiger partial charge in [-0.3, -0.25) is 4.79 Å². The van der Waals surface area contributed by atoms with E-state index in [1.165, 1.54) is 129 Å². The molecule has 0 radical (unpaired) electrons. The maximum atomic E-state index is 11.2. The zero-order chi connectivity index (χ0) is 20.7. The molecule has 0 aromatic rings. The molecular weight excluding hydrogens is 346 g/mol. The van der Waals surface area contributed by atoms with Gasteiger partial charge < -0.3 is 10.5 Å². The fraction of sp³-hybridized carbons (Fsp3) is 0.960. The molecule has 0 rings (SSSR count). The van der Waals surface area contributed by atoms with Crippen LogP contribution in [0.15, 0.2) is 0 Å². The van der Waals surface area contributed by atoms with Crippen molar-refractivity contribution in [2.24, 2.45) is 5.73 Å². The number of hydrogen-bond acceptors (Lipinski definition) is 3. The summed E-state index contributed by atoms with van der Waals surface area (Å²) >= 11 is 0. The summed E-state index contributed by atoms with van der Waals surface area (Å²) in [7, 11) is 1.40. The molecule has 0 fully saturated rings. The number of unbranched alkanes of at least 4 members (excludes halogenated alkanes) is 19.